The summed E-state index contributed by atoms with van der Waals surface area (Å²) in [6, 6.07) is 0. The summed E-state index contributed by atoms with van der Waals surface area (Å²) in [5, 5.41) is 10.6. The molecule has 0 radical (unpaired) electrons. The molecule has 3 N–H and O–H groups in total. The zero-order chi connectivity index (χ0) is 70.1. The number of hydrogen-bond donors (Lipinski definition) is 3. The first-order chi connectivity index (χ1) is 45.7. The van der Waals surface area contributed by atoms with Gasteiger partial charge < -0.3 is 33.8 Å². The summed E-state index contributed by atoms with van der Waals surface area (Å²) in [5.74, 6) is 0.135. The predicted molar refractivity (Wildman–Crippen MR) is 386 cm³/mol. The normalized spacial score (nSPS) is 14.1. The smallest absolute Gasteiger partial charge is 0.462 e. The molecular weight excluding hydrogens is 1250 g/mol. The van der Waals surface area contributed by atoms with Gasteiger partial charge in [0.1, 0.15) is 19.3 Å². The maximum absolute atomic E-state index is 13.1. The summed E-state index contributed by atoms with van der Waals surface area (Å²) >= 11 is 0. The van der Waals surface area contributed by atoms with Gasteiger partial charge in [0.2, 0.25) is 0 Å². The van der Waals surface area contributed by atoms with Crippen LogP contribution in [0.15, 0.2) is 0 Å². The Bertz CT molecular complexity index is 1850. The molecule has 0 bridgehead atoms. The van der Waals surface area contributed by atoms with Crippen molar-refractivity contribution >= 4 is 39.5 Å². The summed E-state index contributed by atoms with van der Waals surface area (Å²) in [7, 11) is -9.91. The average Bonchev–Trinajstić information content (AvgIpc) is 1.84. The molecule has 0 aliphatic rings. The van der Waals surface area contributed by atoms with Crippen LogP contribution in [0, 0.1) is 17.8 Å². The monoisotopic (exact) mass is 1400 g/mol. The van der Waals surface area contributed by atoms with Crippen LogP contribution < -0.4 is 0 Å². The van der Waals surface area contributed by atoms with E-state index in [0.29, 0.717) is 31.6 Å². The molecule has 2 unspecified atom stereocenters. The molecule has 0 aromatic carbocycles. The quantitative estimate of drug-likeness (QED) is 0.0222. The number of phosphoric ester groups is 2. The Morgan fingerprint density at radius 3 is 0.716 bits per heavy atom. The fraction of sp³-hybridized carbons (Fsp3) is 0.947. The van der Waals surface area contributed by atoms with Crippen LogP contribution in [-0.4, -0.2) is 96.7 Å². The van der Waals surface area contributed by atoms with Gasteiger partial charge in [0.25, 0.3) is 0 Å². The highest BCUT2D eigenvalue weighted by molar-refractivity contribution is 7.47. The van der Waals surface area contributed by atoms with Crippen LogP contribution in [0.5, 0.6) is 0 Å². The van der Waals surface area contributed by atoms with Crippen LogP contribution in [0.1, 0.15) is 389 Å². The van der Waals surface area contributed by atoms with Crippen molar-refractivity contribution in [2.75, 3.05) is 39.6 Å². The molecule has 0 amide bonds. The van der Waals surface area contributed by atoms with Gasteiger partial charge in [-0.2, -0.15) is 0 Å². The molecule has 0 spiro atoms. The van der Waals surface area contributed by atoms with Crippen LogP contribution in [0.2, 0.25) is 0 Å². The number of aliphatic hydroxyl groups excluding tert-OH is 1. The van der Waals surface area contributed by atoms with E-state index in [2.05, 4.69) is 48.5 Å². The highest BCUT2D eigenvalue weighted by Gasteiger charge is 2.30. The number of esters is 4. The molecule has 0 saturated heterocycles. The molecule has 0 aromatic rings. The number of ether oxygens (including phenoxy) is 4. The van der Waals surface area contributed by atoms with Crippen LogP contribution in [0.25, 0.3) is 0 Å². The Morgan fingerprint density at radius 2 is 0.484 bits per heavy atom. The van der Waals surface area contributed by atoms with Gasteiger partial charge in [-0.25, -0.2) is 9.13 Å². The van der Waals surface area contributed by atoms with E-state index in [1.807, 2.05) is 0 Å². The van der Waals surface area contributed by atoms with Crippen molar-refractivity contribution in [1.82, 2.24) is 0 Å². The van der Waals surface area contributed by atoms with Crippen molar-refractivity contribution in [2.45, 2.75) is 407 Å². The topological polar surface area (TPSA) is 237 Å². The molecule has 0 aliphatic carbocycles. The van der Waals surface area contributed by atoms with Crippen molar-refractivity contribution in [2.24, 2.45) is 17.8 Å². The number of aliphatic hydroxyl groups is 1. The molecule has 0 aliphatic heterocycles. The molecule has 17 nitrogen and oxygen atoms in total. The Hall–Kier alpha value is -1.94. The zero-order valence-electron chi connectivity index (χ0n) is 62.1. The van der Waals surface area contributed by atoms with E-state index in [1.165, 1.54) is 193 Å². The minimum Gasteiger partial charge on any atom is -0.462 e. The summed E-state index contributed by atoms with van der Waals surface area (Å²) in [6.07, 6.45) is 52.7. The van der Waals surface area contributed by atoms with Gasteiger partial charge in [-0.1, -0.05) is 337 Å². The van der Waals surface area contributed by atoms with E-state index in [9.17, 15) is 43.2 Å². The van der Waals surface area contributed by atoms with Gasteiger partial charge in [-0.05, 0) is 43.4 Å². The van der Waals surface area contributed by atoms with E-state index < -0.39 is 97.5 Å². The first-order valence-electron chi connectivity index (χ1n) is 39.3. The number of carbonyl (C=O) groups is 4. The maximum Gasteiger partial charge on any atom is 0.472 e. The molecule has 564 valence electrons. The van der Waals surface area contributed by atoms with Crippen molar-refractivity contribution in [1.29, 1.82) is 0 Å². The van der Waals surface area contributed by atoms with Crippen molar-refractivity contribution in [3.05, 3.63) is 0 Å². The molecule has 0 heterocycles. The van der Waals surface area contributed by atoms with Gasteiger partial charge in [0.05, 0.1) is 26.4 Å². The summed E-state index contributed by atoms with van der Waals surface area (Å²) in [4.78, 5) is 72.8. The standard InChI is InChI=1S/C76H148O17P2/c1-8-9-10-11-12-13-14-15-16-17-18-25-30-37-45-52-59-75(80)92-71(63-86-73(78)57-50-43-36-29-24-20-19-22-27-33-40-47-54-67(2)3)65-90-94(82,83)88-61-70(77)62-89-95(84,85)91-66-72(64-87-74(79)58-51-44-39-32-35-42-49-56-69(6)7)93-76(81)60-53-46-38-31-26-21-23-28-34-41-48-55-68(4)5/h67-72,77H,8-66H2,1-7H3,(H,82,83)(H,84,85)/t70-,71-,72-/m1/s1. The van der Waals surface area contributed by atoms with Crippen LogP contribution in [-0.2, 0) is 65.4 Å². The second-order valence-electron chi connectivity index (χ2n) is 28.8. The predicted octanol–water partition coefficient (Wildman–Crippen LogP) is 22.2. The highest BCUT2D eigenvalue weighted by Crippen LogP contribution is 2.45. The lowest BCUT2D eigenvalue weighted by Crippen LogP contribution is -2.30. The number of unbranched alkanes of at least 4 members (excludes halogenated alkanes) is 42. The number of rotatable bonds is 74. The Balaban J connectivity index is 5.26. The third-order valence-corrected chi connectivity index (χ3v) is 19.5. The van der Waals surface area contributed by atoms with Gasteiger partial charge in [-0.3, -0.25) is 37.3 Å². The third kappa shape index (κ3) is 70.3. The molecule has 0 fully saturated rings. The fourth-order valence-corrected chi connectivity index (χ4v) is 13.2. The van der Waals surface area contributed by atoms with Crippen LogP contribution in [0.3, 0.4) is 0 Å². The summed E-state index contributed by atoms with van der Waals surface area (Å²) in [5.41, 5.74) is 0. The van der Waals surface area contributed by atoms with E-state index in [-0.39, 0.29) is 25.7 Å². The summed E-state index contributed by atoms with van der Waals surface area (Å²) < 4.78 is 68.5. The van der Waals surface area contributed by atoms with E-state index in [1.54, 1.807) is 0 Å². The van der Waals surface area contributed by atoms with E-state index in [0.717, 1.165) is 108 Å². The minimum atomic E-state index is -4.96. The zero-order valence-corrected chi connectivity index (χ0v) is 63.9. The van der Waals surface area contributed by atoms with E-state index >= 15 is 0 Å². The largest absolute Gasteiger partial charge is 0.472 e. The lowest BCUT2D eigenvalue weighted by Gasteiger charge is -2.21. The molecule has 0 saturated carbocycles. The molecule has 95 heavy (non-hydrogen) atoms. The molecular formula is C76H148O17P2. The number of phosphoric acid groups is 2. The molecule has 19 heteroatoms. The first kappa shape index (κ1) is 93.1. The first-order valence-corrected chi connectivity index (χ1v) is 42.3. The Labute approximate surface area is 581 Å². The van der Waals surface area contributed by atoms with Gasteiger partial charge in [0.15, 0.2) is 12.2 Å². The average molecular weight is 1400 g/mol. The van der Waals surface area contributed by atoms with Crippen LogP contribution >= 0.6 is 15.6 Å². The molecule has 0 aromatic heterocycles. The van der Waals surface area contributed by atoms with Crippen molar-refractivity contribution in [3.8, 4) is 0 Å². The Morgan fingerprint density at radius 1 is 0.284 bits per heavy atom. The van der Waals surface area contributed by atoms with Crippen molar-refractivity contribution in [3.63, 3.8) is 0 Å². The lowest BCUT2D eigenvalue weighted by molar-refractivity contribution is -0.161. The number of carbonyl (C=O) groups excluding carboxylic acids is 4. The molecule has 5 atom stereocenters. The highest BCUT2D eigenvalue weighted by atomic mass is 31.2. The minimum absolute atomic E-state index is 0.106. The van der Waals surface area contributed by atoms with E-state index in [4.69, 9.17) is 37.0 Å². The second kappa shape index (κ2) is 66.6. The van der Waals surface area contributed by atoms with Gasteiger partial charge >= 0.3 is 39.5 Å². The van der Waals surface area contributed by atoms with Crippen molar-refractivity contribution < 1.29 is 80.2 Å². The maximum atomic E-state index is 13.1. The van der Waals surface area contributed by atoms with Gasteiger partial charge in [0, 0.05) is 25.7 Å². The lowest BCUT2D eigenvalue weighted by atomic mass is 10.0. The fourth-order valence-electron chi connectivity index (χ4n) is 11.6. The Kier molecular flexibility index (Phi) is 65.2. The molecule has 0 rings (SSSR count). The summed E-state index contributed by atoms with van der Waals surface area (Å²) in [6.45, 7) is 11.9. The van der Waals surface area contributed by atoms with Crippen LogP contribution in [0.4, 0.5) is 0 Å². The second-order valence-corrected chi connectivity index (χ2v) is 31.7. The van der Waals surface area contributed by atoms with Gasteiger partial charge in [-0.15, -0.1) is 0 Å². The third-order valence-electron chi connectivity index (χ3n) is 17.6. The number of hydrogen-bond acceptors (Lipinski definition) is 15. The SMILES string of the molecule is CCCCCCCCCCCCCCCCCCC(=O)O[C@H](COC(=O)CCCCCCCCCCCCCCC(C)C)COP(=O)(O)OC[C@@H](O)COP(=O)(O)OC[C@@H](COC(=O)CCCCCCCCCC(C)C)OC(=O)CCCCCCCCCCCCCC(C)C.